The van der Waals surface area contributed by atoms with Crippen LogP contribution in [-0.4, -0.2) is 45.5 Å². The summed E-state index contributed by atoms with van der Waals surface area (Å²) in [6.07, 6.45) is 4.00. The van der Waals surface area contributed by atoms with Crippen molar-refractivity contribution in [1.29, 1.82) is 5.26 Å². The van der Waals surface area contributed by atoms with Crippen molar-refractivity contribution in [3.63, 3.8) is 0 Å². The van der Waals surface area contributed by atoms with Crippen LogP contribution in [0.2, 0.25) is 0 Å². The lowest BCUT2D eigenvalue weighted by Gasteiger charge is -2.28. The zero-order valence-corrected chi connectivity index (χ0v) is 15.2. The number of nitriles is 1. The maximum Gasteiger partial charge on any atom is 0.412 e. The van der Waals surface area contributed by atoms with Crippen LogP contribution < -0.4 is 16.0 Å². The van der Waals surface area contributed by atoms with Gasteiger partial charge in [0.25, 0.3) is 0 Å². The molecule has 0 radical (unpaired) electrons. The number of rotatable bonds is 4. The average Bonchev–Trinajstić information content (AvgIpc) is 3.25. The van der Waals surface area contributed by atoms with Crippen LogP contribution in [0.1, 0.15) is 24.8 Å². The Hall–Kier alpha value is -3.15. The fourth-order valence-electron chi connectivity index (χ4n) is 3.90. The number of carboxylic acid groups (broad SMARTS) is 1. The number of aromatic nitrogens is 1. The van der Waals surface area contributed by atoms with E-state index in [2.05, 4.69) is 16.4 Å². The molecule has 2 heterocycles. The molecule has 0 bridgehead atoms. The normalized spacial score (nSPS) is 22.4. The smallest absolute Gasteiger partial charge is 0.412 e. The van der Waals surface area contributed by atoms with E-state index in [-0.39, 0.29) is 12.1 Å². The summed E-state index contributed by atoms with van der Waals surface area (Å²) in [4.78, 5) is 17.4. The Bertz CT molecular complexity index is 967. The second-order valence-corrected chi connectivity index (χ2v) is 7.41. The number of amides is 1. The molecule has 2 fully saturated rings. The number of nitrogens with one attached hydrogen (secondary N) is 1. The van der Waals surface area contributed by atoms with Crippen LogP contribution in [0.3, 0.4) is 0 Å². The zero-order chi connectivity index (χ0) is 19.9. The summed E-state index contributed by atoms with van der Waals surface area (Å²) in [6.45, 7) is 0.444. The molecule has 4 rings (SSSR count). The van der Waals surface area contributed by atoms with Gasteiger partial charge in [-0.05, 0) is 43.0 Å². The quantitative estimate of drug-likeness (QED) is 0.596. The van der Waals surface area contributed by atoms with E-state index in [1.54, 1.807) is 30.5 Å². The van der Waals surface area contributed by atoms with Gasteiger partial charge in [-0.2, -0.15) is 5.26 Å². The maximum atomic E-state index is 12.1. The van der Waals surface area contributed by atoms with Crippen LogP contribution in [0, 0.1) is 11.3 Å². The molecule has 5 N–H and O–H groups in total. The van der Waals surface area contributed by atoms with Gasteiger partial charge in [0, 0.05) is 30.5 Å². The second kappa shape index (κ2) is 6.78. The van der Waals surface area contributed by atoms with Gasteiger partial charge in [-0.1, -0.05) is 6.07 Å². The van der Waals surface area contributed by atoms with E-state index in [0.717, 1.165) is 12.8 Å². The molecular weight excluding hydrogens is 358 g/mol. The van der Waals surface area contributed by atoms with E-state index in [1.807, 2.05) is 0 Å². The van der Waals surface area contributed by atoms with Crippen molar-refractivity contribution in [2.24, 2.45) is 0 Å². The predicted molar refractivity (Wildman–Crippen MR) is 104 cm³/mol. The van der Waals surface area contributed by atoms with Gasteiger partial charge in [0.15, 0.2) is 0 Å². The number of nitrogens with zero attached hydrogens (tertiary/aromatic N) is 3. The van der Waals surface area contributed by atoms with Gasteiger partial charge in [0.05, 0.1) is 34.7 Å². The highest BCUT2D eigenvalue weighted by Gasteiger charge is 2.51. The van der Waals surface area contributed by atoms with Crippen molar-refractivity contribution < 1.29 is 15.0 Å². The predicted octanol–water partition coefficient (Wildman–Crippen LogP) is 1.94. The fourth-order valence-corrected chi connectivity index (χ4v) is 3.90. The highest BCUT2D eigenvalue weighted by molar-refractivity contribution is 5.93. The molecule has 1 amide bonds. The first-order valence-electron chi connectivity index (χ1n) is 9.15. The number of hydrogen-bond donors (Lipinski definition) is 4. The monoisotopic (exact) mass is 379 g/mol. The first kappa shape index (κ1) is 18.2. The van der Waals surface area contributed by atoms with Crippen molar-refractivity contribution in [3.05, 3.63) is 42.2 Å². The van der Waals surface area contributed by atoms with Crippen LogP contribution in [0.15, 0.2) is 36.7 Å². The lowest BCUT2D eigenvalue weighted by Crippen LogP contribution is -2.41. The number of carbonyl (C=O) groups is 1. The van der Waals surface area contributed by atoms with Gasteiger partial charge in [0.1, 0.15) is 0 Å². The summed E-state index contributed by atoms with van der Waals surface area (Å²) in [5.41, 5.74) is 7.84. The summed E-state index contributed by atoms with van der Waals surface area (Å²) in [7, 11) is 0. The van der Waals surface area contributed by atoms with Gasteiger partial charge >= 0.3 is 6.09 Å². The minimum atomic E-state index is -1.11. The van der Waals surface area contributed by atoms with E-state index in [9.17, 15) is 20.3 Å². The molecule has 1 saturated carbocycles. The number of benzene rings is 1. The largest absolute Gasteiger partial charge is 0.465 e. The Morgan fingerprint density at radius 2 is 2.18 bits per heavy atom. The average molecular weight is 379 g/mol. The van der Waals surface area contributed by atoms with E-state index >= 15 is 0 Å². The van der Waals surface area contributed by atoms with Crippen LogP contribution in [0.5, 0.6) is 0 Å². The fraction of sp³-hybridized carbons (Fsp3) is 0.350. The van der Waals surface area contributed by atoms with Gasteiger partial charge < -0.3 is 21.3 Å². The molecule has 1 aromatic carbocycles. The highest BCUT2D eigenvalue weighted by Crippen LogP contribution is 2.43. The number of aliphatic hydroxyl groups is 1. The third kappa shape index (κ3) is 3.15. The first-order chi connectivity index (χ1) is 13.4. The minimum Gasteiger partial charge on any atom is -0.465 e. The summed E-state index contributed by atoms with van der Waals surface area (Å²) < 4.78 is 0. The molecule has 28 heavy (non-hydrogen) atoms. The molecule has 8 heteroatoms. The molecule has 0 unspecified atom stereocenters. The summed E-state index contributed by atoms with van der Waals surface area (Å²) in [5, 5.41) is 32.8. The van der Waals surface area contributed by atoms with Crippen molar-refractivity contribution in [2.45, 2.75) is 36.9 Å². The van der Waals surface area contributed by atoms with Crippen LogP contribution >= 0.6 is 0 Å². The Labute approximate surface area is 162 Å². The van der Waals surface area contributed by atoms with Crippen LogP contribution in [0.25, 0.3) is 11.1 Å². The topological polar surface area (TPSA) is 136 Å². The van der Waals surface area contributed by atoms with Crippen LogP contribution in [-0.2, 0) is 0 Å². The van der Waals surface area contributed by atoms with Crippen LogP contribution in [0.4, 0.5) is 16.2 Å². The number of pyridine rings is 1. The second-order valence-electron chi connectivity index (χ2n) is 7.41. The molecule has 1 aliphatic heterocycles. The summed E-state index contributed by atoms with van der Waals surface area (Å²) in [5.74, 6) is 0. The highest BCUT2D eigenvalue weighted by atomic mass is 16.4. The molecule has 1 aliphatic carbocycles. The standard InChI is InChI=1S/C20H21N5O3/c21-9-13-3-6-23-11-15(13)12-1-2-16(22)17(7-12)25(19(26)27)14-8-18(24-10-14)20(28)4-5-20/h1-3,6-7,11,14,18,24,28H,4-5,8,10,22H2,(H,26,27)/t14-,18-/m0/s1. The zero-order valence-electron chi connectivity index (χ0n) is 15.2. The van der Waals surface area contributed by atoms with E-state index in [0.29, 0.717) is 41.0 Å². The molecule has 0 spiro atoms. The van der Waals surface area contributed by atoms with Gasteiger partial charge in [0.2, 0.25) is 0 Å². The lowest BCUT2D eigenvalue weighted by molar-refractivity contribution is 0.110. The number of nitrogens with two attached hydrogens (primary N) is 1. The Kier molecular flexibility index (Phi) is 4.41. The molecule has 1 saturated heterocycles. The lowest BCUT2D eigenvalue weighted by atomic mass is 10.00. The molecule has 144 valence electrons. The van der Waals surface area contributed by atoms with Crippen molar-refractivity contribution in [3.8, 4) is 17.2 Å². The number of anilines is 2. The molecular formula is C20H21N5O3. The van der Waals surface area contributed by atoms with E-state index in [1.165, 1.54) is 11.1 Å². The van der Waals surface area contributed by atoms with Gasteiger partial charge in [-0.25, -0.2) is 4.79 Å². The number of nitrogen functional groups attached to an aromatic ring is 1. The summed E-state index contributed by atoms with van der Waals surface area (Å²) in [6, 6.07) is 8.35. The summed E-state index contributed by atoms with van der Waals surface area (Å²) >= 11 is 0. The first-order valence-corrected chi connectivity index (χ1v) is 9.15. The molecule has 2 aliphatic rings. The minimum absolute atomic E-state index is 0.118. The Morgan fingerprint density at radius 3 is 2.86 bits per heavy atom. The molecule has 1 aromatic heterocycles. The third-order valence-corrected chi connectivity index (χ3v) is 5.63. The van der Waals surface area contributed by atoms with Crippen molar-refractivity contribution in [2.75, 3.05) is 17.2 Å². The van der Waals surface area contributed by atoms with Crippen molar-refractivity contribution >= 4 is 17.5 Å². The Morgan fingerprint density at radius 1 is 1.39 bits per heavy atom. The Balaban J connectivity index is 1.70. The molecule has 8 nitrogen and oxygen atoms in total. The SMILES string of the molecule is N#Cc1ccncc1-c1ccc(N)c(N(C(=O)O)[C@@H]2CN[C@H](C3(O)CC3)C2)c1. The number of hydrogen-bond acceptors (Lipinski definition) is 6. The van der Waals surface area contributed by atoms with Gasteiger partial charge in [-0.3, -0.25) is 9.88 Å². The van der Waals surface area contributed by atoms with E-state index < -0.39 is 11.7 Å². The molecule has 2 atom stereocenters. The van der Waals surface area contributed by atoms with Gasteiger partial charge in [-0.15, -0.1) is 0 Å². The van der Waals surface area contributed by atoms with E-state index in [4.69, 9.17) is 5.73 Å². The maximum absolute atomic E-state index is 12.1. The third-order valence-electron chi connectivity index (χ3n) is 5.63. The van der Waals surface area contributed by atoms with Crippen molar-refractivity contribution in [1.82, 2.24) is 10.3 Å². The molecule has 2 aromatic rings.